The lowest BCUT2D eigenvalue weighted by Gasteiger charge is -2.09. The van der Waals surface area contributed by atoms with Gasteiger partial charge in [0, 0.05) is 6.54 Å². The number of carbonyl (C=O) groups is 1. The largest absolute Gasteiger partial charge is 0.497 e. The molecule has 134 valence electrons. The van der Waals surface area contributed by atoms with Crippen molar-refractivity contribution in [3.05, 3.63) is 77.4 Å². The van der Waals surface area contributed by atoms with Gasteiger partial charge in [-0.15, -0.1) is 0 Å². The summed E-state index contributed by atoms with van der Waals surface area (Å²) in [7, 11) is 1.61. The van der Waals surface area contributed by atoms with Crippen LogP contribution in [0.5, 0.6) is 5.75 Å². The second-order valence-electron chi connectivity index (χ2n) is 5.78. The fourth-order valence-corrected chi connectivity index (χ4v) is 2.73. The lowest BCUT2D eigenvalue weighted by Crippen LogP contribution is -2.23. The molecule has 5 nitrogen and oxygen atoms in total. The summed E-state index contributed by atoms with van der Waals surface area (Å²) in [5, 5.41) is 7.21. The van der Waals surface area contributed by atoms with Crippen LogP contribution < -0.4 is 10.1 Å². The van der Waals surface area contributed by atoms with Gasteiger partial charge in [-0.3, -0.25) is 4.79 Å². The van der Waals surface area contributed by atoms with Crippen LogP contribution in [0, 0.1) is 5.82 Å². The molecule has 6 heteroatoms. The molecule has 0 saturated carbocycles. The Labute approximate surface area is 151 Å². The van der Waals surface area contributed by atoms with E-state index in [1.54, 1.807) is 30.1 Å². The second-order valence-corrected chi connectivity index (χ2v) is 5.78. The van der Waals surface area contributed by atoms with E-state index in [0.717, 1.165) is 22.7 Å². The van der Waals surface area contributed by atoms with Crippen molar-refractivity contribution in [2.45, 2.75) is 19.9 Å². The molecule has 0 unspecified atom stereocenters. The first-order valence-electron chi connectivity index (χ1n) is 8.36. The number of carbonyl (C=O) groups excluding carboxylic acids is 1. The van der Waals surface area contributed by atoms with Crippen molar-refractivity contribution in [3.8, 4) is 11.4 Å². The van der Waals surface area contributed by atoms with Crippen LogP contribution in [0.3, 0.4) is 0 Å². The predicted molar refractivity (Wildman–Crippen MR) is 97.1 cm³/mol. The Kier molecular flexibility index (Phi) is 5.31. The summed E-state index contributed by atoms with van der Waals surface area (Å²) in [5.41, 5.74) is 3.00. The maximum atomic E-state index is 13.1. The van der Waals surface area contributed by atoms with Crippen LogP contribution in [0.25, 0.3) is 5.69 Å². The standard InChI is InChI=1S/C20H20FN3O2/c1-3-19-18(13-23-24(19)16-8-6-15(21)7-9-16)20(25)22-12-14-4-10-17(26-2)11-5-14/h4-11,13H,3,12H2,1-2H3,(H,22,25). The van der Waals surface area contributed by atoms with Gasteiger partial charge < -0.3 is 10.1 Å². The third-order valence-electron chi connectivity index (χ3n) is 4.13. The molecule has 1 N–H and O–H groups in total. The summed E-state index contributed by atoms with van der Waals surface area (Å²) < 4.78 is 19.9. The van der Waals surface area contributed by atoms with Gasteiger partial charge in [-0.1, -0.05) is 19.1 Å². The number of hydrogen-bond donors (Lipinski definition) is 1. The average Bonchev–Trinajstić information content (AvgIpc) is 3.11. The minimum atomic E-state index is -0.309. The molecule has 0 radical (unpaired) electrons. The Balaban J connectivity index is 1.75. The SMILES string of the molecule is CCc1c(C(=O)NCc2ccc(OC)cc2)cnn1-c1ccc(F)cc1. The highest BCUT2D eigenvalue weighted by Crippen LogP contribution is 2.17. The molecule has 0 bridgehead atoms. The van der Waals surface area contributed by atoms with Gasteiger partial charge >= 0.3 is 0 Å². The maximum absolute atomic E-state index is 13.1. The summed E-state index contributed by atoms with van der Waals surface area (Å²) >= 11 is 0. The second kappa shape index (κ2) is 7.82. The first-order chi connectivity index (χ1) is 12.6. The van der Waals surface area contributed by atoms with Crippen molar-refractivity contribution in [1.82, 2.24) is 15.1 Å². The monoisotopic (exact) mass is 353 g/mol. The van der Waals surface area contributed by atoms with E-state index < -0.39 is 0 Å². The molecule has 0 aliphatic heterocycles. The molecule has 3 rings (SSSR count). The Morgan fingerprint density at radius 2 is 1.85 bits per heavy atom. The summed E-state index contributed by atoms with van der Waals surface area (Å²) in [5.74, 6) is 0.274. The molecule has 0 fully saturated rings. The van der Waals surface area contributed by atoms with E-state index in [1.807, 2.05) is 31.2 Å². The molecule has 0 saturated heterocycles. The summed E-state index contributed by atoms with van der Waals surface area (Å²) in [6.07, 6.45) is 2.17. The molecule has 26 heavy (non-hydrogen) atoms. The highest BCUT2D eigenvalue weighted by molar-refractivity contribution is 5.95. The van der Waals surface area contributed by atoms with Crippen LogP contribution in [-0.4, -0.2) is 22.8 Å². The van der Waals surface area contributed by atoms with Gasteiger partial charge in [-0.2, -0.15) is 5.10 Å². The lowest BCUT2D eigenvalue weighted by atomic mass is 10.1. The van der Waals surface area contributed by atoms with Crippen LogP contribution >= 0.6 is 0 Å². The molecule has 1 heterocycles. The van der Waals surface area contributed by atoms with Gasteiger partial charge in [-0.25, -0.2) is 9.07 Å². The minimum absolute atomic E-state index is 0.189. The highest BCUT2D eigenvalue weighted by atomic mass is 19.1. The number of halogens is 1. The van der Waals surface area contributed by atoms with Crippen molar-refractivity contribution < 1.29 is 13.9 Å². The van der Waals surface area contributed by atoms with Crippen molar-refractivity contribution >= 4 is 5.91 Å². The third-order valence-corrected chi connectivity index (χ3v) is 4.13. The molecule has 0 aliphatic carbocycles. The molecule has 3 aromatic rings. The molecule has 0 aliphatic rings. The van der Waals surface area contributed by atoms with Crippen LogP contribution in [0.4, 0.5) is 4.39 Å². The molecule has 0 spiro atoms. The van der Waals surface area contributed by atoms with Gasteiger partial charge in [0.25, 0.3) is 5.91 Å². The zero-order valence-electron chi connectivity index (χ0n) is 14.7. The molecular weight excluding hydrogens is 333 g/mol. The fraction of sp³-hybridized carbons (Fsp3) is 0.200. The number of amides is 1. The van der Waals surface area contributed by atoms with Crippen molar-refractivity contribution in [3.63, 3.8) is 0 Å². The molecule has 1 aromatic heterocycles. The molecule has 0 atom stereocenters. The van der Waals surface area contributed by atoms with Gasteiger partial charge in [-0.05, 0) is 48.4 Å². The summed E-state index contributed by atoms with van der Waals surface area (Å²) in [6, 6.07) is 13.5. The number of methoxy groups -OCH3 is 1. The first-order valence-corrected chi connectivity index (χ1v) is 8.36. The Morgan fingerprint density at radius 1 is 1.15 bits per heavy atom. The van der Waals surface area contributed by atoms with E-state index >= 15 is 0 Å². The molecule has 2 aromatic carbocycles. The normalized spacial score (nSPS) is 10.6. The quantitative estimate of drug-likeness (QED) is 0.738. The number of rotatable bonds is 6. The molecule has 1 amide bonds. The van der Waals surface area contributed by atoms with E-state index in [-0.39, 0.29) is 11.7 Å². The van der Waals surface area contributed by atoms with Crippen LogP contribution in [0.15, 0.2) is 54.7 Å². The van der Waals surface area contributed by atoms with Gasteiger partial charge in [0.15, 0.2) is 0 Å². The van der Waals surface area contributed by atoms with Crippen molar-refractivity contribution in [1.29, 1.82) is 0 Å². The number of nitrogens with zero attached hydrogens (tertiary/aromatic N) is 2. The minimum Gasteiger partial charge on any atom is -0.497 e. The Hall–Kier alpha value is -3.15. The summed E-state index contributed by atoms with van der Waals surface area (Å²) in [6.45, 7) is 2.37. The highest BCUT2D eigenvalue weighted by Gasteiger charge is 2.17. The lowest BCUT2D eigenvalue weighted by molar-refractivity contribution is 0.0950. The number of nitrogens with one attached hydrogen (secondary N) is 1. The van der Waals surface area contributed by atoms with Crippen LogP contribution in [0.2, 0.25) is 0 Å². The topological polar surface area (TPSA) is 56.1 Å². The van der Waals surface area contributed by atoms with E-state index in [2.05, 4.69) is 10.4 Å². The predicted octanol–water partition coefficient (Wildman–Crippen LogP) is 3.51. The van der Waals surface area contributed by atoms with Gasteiger partial charge in [0.2, 0.25) is 0 Å². The Bertz CT molecular complexity index is 886. The number of hydrogen-bond acceptors (Lipinski definition) is 3. The van der Waals surface area contributed by atoms with Gasteiger partial charge in [0.05, 0.1) is 30.3 Å². The number of ether oxygens (including phenoxy) is 1. The van der Waals surface area contributed by atoms with E-state index in [0.29, 0.717) is 18.5 Å². The van der Waals surface area contributed by atoms with E-state index in [9.17, 15) is 9.18 Å². The number of aromatic nitrogens is 2. The zero-order chi connectivity index (χ0) is 18.5. The third kappa shape index (κ3) is 3.74. The zero-order valence-corrected chi connectivity index (χ0v) is 14.7. The smallest absolute Gasteiger partial charge is 0.255 e. The van der Waals surface area contributed by atoms with E-state index in [1.165, 1.54) is 12.1 Å². The Morgan fingerprint density at radius 3 is 2.46 bits per heavy atom. The fourth-order valence-electron chi connectivity index (χ4n) is 2.73. The first kappa shape index (κ1) is 17.7. The molecular formula is C20H20FN3O2. The van der Waals surface area contributed by atoms with Crippen molar-refractivity contribution in [2.24, 2.45) is 0 Å². The number of benzene rings is 2. The summed E-state index contributed by atoms with van der Waals surface area (Å²) in [4.78, 5) is 12.6. The maximum Gasteiger partial charge on any atom is 0.255 e. The van der Waals surface area contributed by atoms with Crippen LogP contribution in [0.1, 0.15) is 28.5 Å². The van der Waals surface area contributed by atoms with Crippen molar-refractivity contribution in [2.75, 3.05) is 7.11 Å². The van der Waals surface area contributed by atoms with Crippen LogP contribution in [-0.2, 0) is 13.0 Å². The van der Waals surface area contributed by atoms with E-state index in [4.69, 9.17) is 4.74 Å². The van der Waals surface area contributed by atoms with Gasteiger partial charge in [0.1, 0.15) is 11.6 Å². The average molecular weight is 353 g/mol.